The number of hydrogen-bond acceptors (Lipinski definition) is 4. The van der Waals surface area contributed by atoms with Gasteiger partial charge in [0.2, 0.25) is 0 Å². The fourth-order valence-electron chi connectivity index (χ4n) is 1.23. The maximum Gasteiger partial charge on any atom is 0.334 e. The number of nitrogens with zero attached hydrogens (tertiary/aromatic N) is 2. The van der Waals surface area contributed by atoms with Gasteiger partial charge >= 0.3 is 11.2 Å². The number of unbranched alkanes of at least 4 members (excludes halogenated alkanes) is 1. The molecule has 0 amide bonds. The predicted octanol–water partition coefficient (Wildman–Crippen LogP) is 1.47. The van der Waals surface area contributed by atoms with Crippen molar-refractivity contribution in [3.8, 4) is 0 Å². The summed E-state index contributed by atoms with van der Waals surface area (Å²) in [6.07, 6.45) is 3.25. The van der Waals surface area contributed by atoms with E-state index in [1.807, 2.05) is 0 Å². The lowest BCUT2D eigenvalue weighted by atomic mass is 10.3. The summed E-state index contributed by atoms with van der Waals surface area (Å²) in [6, 6.07) is 2.73. The van der Waals surface area contributed by atoms with Crippen molar-refractivity contribution in [3.05, 3.63) is 38.8 Å². The molecule has 82 valence electrons. The van der Waals surface area contributed by atoms with Crippen LogP contribution >= 0.6 is 12.6 Å². The maximum atomic E-state index is 11.5. The fraction of sp³-hybridized carbons (Fsp3) is 0.444. The van der Waals surface area contributed by atoms with Crippen molar-refractivity contribution in [1.29, 1.82) is 0 Å². The van der Waals surface area contributed by atoms with Crippen LogP contribution in [0.15, 0.2) is 23.1 Å². The lowest BCUT2D eigenvalue weighted by Crippen LogP contribution is -2.21. The van der Waals surface area contributed by atoms with Gasteiger partial charge in [-0.3, -0.25) is 14.9 Å². The van der Waals surface area contributed by atoms with Crippen molar-refractivity contribution in [1.82, 2.24) is 4.57 Å². The van der Waals surface area contributed by atoms with Crippen LogP contribution in [0, 0.1) is 10.1 Å². The zero-order chi connectivity index (χ0) is 11.3. The first-order valence-electron chi connectivity index (χ1n) is 4.61. The number of nitro groups is 1. The van der Waals surface area contributed by atoms with Crippen molar-refractivity contribution in [2.45, 2.75) is 19.4 Å². The molecule has 0 unspecified atom stereocenters. The molecule has 6 heteroatoms. The van der Waals surface area contributed by atoms with Crippen molar-refractivity contribution >= 4 is 18.3 Å². The number of aryl methyl sites for hydroxylation is 1. The number of pyridine rings is 1. The van der Waals surface area contributed by atoms with E-state index in [0.29, 0.717) is 6.54 Å². The number of rotatable bonds is 5. The number of hydrogen-bond donors (Lipinski definition) is 1. The molecule has 0 saturated carbocycles. The summed E-state index contributed by atoms with van der Waals surface area (Å²) in [5, 5.41) is 10.5. The van der Waals surface area contributed by atoms with Gasteiger partial charge in [-0.15, -0.1) is 0 Å². The lowest BCUT2D eigenvalue weighted by Gasteiger charge is -2.03. The minimum atomic E-state index is -0.655. The van der Waals surface area contributed by atoms with E-state index >= 15 is 0 Å². The quantitative estimate of drug-likeness (QED) is 0.359. The first kappa shape index (κ1) is 11.8. The third kappa shape index (κ3) is 3.09. The molecule has 0 saturated heterocycles. The van der Waals surface area contributed by atoms with Crippen LogP contribution in [0.3, 0.4) is 0 Å². The van der Waals surface area contributed by atoms with Crippen LogP contribution in [-0.4, -0.2) is 15.2 Å². The Morgan fingerprint density at radius 1 is 1.47 bits per heavy atom. The highest BCUT2D eigenvalue weighted by atomic mass is 32.1. The molecule has 0 aliphatic carbocycles. The molecule has 0 aromatic carbocycles. The summed E-state index contributed by atoms with van der Waals surface area (Å²) >= 11 is 4.05. The van der Waals surface area contributed by atoms with Crippen LogP contribution in [-0.2, 0) is 6.54 Å². The summed E-state index contributed by atoms with van der Waals surface area (Å²) in [6.45, 7) is 0.501. The van der Waals surface area contributed by atoms with Gasteiger partial charge in [0.25, 0.3) is 0 Å². The molecule has 1 rings (SSSR count). The average molecular weight is 228 g/mol. The van der Waals surface area contributed by atoms with Gasteiger partial charge in [0.15, 0.2) is 0 Å². The Morgan fingerprint density at radius 2 is 2.20 bits per heavy atom. The summed E-state index contributed by atoms with van der Waals surface area (Å²) in [5.74, 6) is 0.754. The Morgan fingerprint density at radius 3 is 2.80 bits per heavy atom. The Balaban J connectivity index is 2.85. The Kier molecular flexibility index (Phi) is 4.36. The minimum absolute atomic E-state index is 0.372. The van der Waals surface area contributed by atoms with Crippen LogP contribution in [0.25, 0.3) is 0 Å². The highest BCUT2D eigenvalue weighted by molar-refractivity contribution is 7.80. The topological polar surface area (TPSA) is 65.1 Å². The zero-order valence-corrected chi connectivity index (χ0v) is 9.02. The van der Waals surface area contributed by atoms with Crippen LogP contribution < -0.4 is 5.56 Å². The van der Waals surface area contributed by atoms with E-state index in [9.17, 15) is 14.9 Å². The summed E-state index contributed by atoms with van der Waals surface area (Å²) in [4.78, 5) is 21.3. The van der Waals surface area contributed by atoms with E-state index < -0.39 is 10.5 Å². The fourth-order valence-corrected chi connectivity index (χ4v) is 1.46. The molecule has 0 N–H and O–H groups in total. The van der Waals surface area contributed by atoms with Gasteiger partial charge in [0.05, 0.1) is 4.92 Å². The normalized spacial score (nSPS) is 10.2. The molecule has 1 heterocycles. The van der Waals surface area contributed by atoms with Gasteiger partial charge in [-0.2, -0.15) is 12.6 Å². The van der Waals surface area contributed by atoms with Gasteiger partial charge < -0.3 is 4.57 Å². The molecule has 5 nitrogen and oxygen atoms in total. The Hall–Kier alpha value is -1.30. The van der Waals surface area contributed by atoms with Crippen LogP contribution in [0.2, 0.25) is 0 Å². The molecule has 15 heavy (non-hydrogen) atoms. The van der Waals surface area contributed by atoms with Gasteiger partial charge in [-0.1, -0.05) is 0 Å². The third-order valence-corrected chi connectivity index (χ3v) is 2.32. The average Bonchev–Trinajstić information content (AvgIpc) is 2.20. The molecule has 0 spiro atoms. The second-order valence-corrected chi connectivity index (χ2v) is 3.53. The molecule has 1 aromatic heterocycles. The Labute approximate surface area is 92.3 Å². The van der Waals surface area contributed by atoms with Crippen LogP contribution in [0.1, 0.15) is 12.8 Å². The third-order valence-electron chi connectivity index (χ3n) is 2.00. The highest BCUT2D eigenvalue weighted by Gasteiger charge is 2.12. The largest absolute Gasteiger partial charge is 0.334 e. The van der Waals surface area contributed by atoms with Crippen molar-refractivity contribution in [2.75, 3.05) is 5.75 Å². The van der Waals surface area contributed by atoms with Crippen LogP contribution in [0.4, 0.5) is 5.69 Å². The van der Waals surface area contributed by atoms with Crippen molar-refractivity contribution in [3.63, 3.8) is 0 Å². The zero-order valence-electron chi connectivity index (χ0n) is 8.13. The summed E-state index contributed by atoms with van der Waals surface area (Å²) in [7, 11) is 0. The summed E-state index contributed by atoms with van der Waals surface area (Å²) < 4.78 is 1.36. The van der Waals surface area contributed by atoms with Gasteiger partial charge in [0, 0.05) is 18.8 Å². The monoisotopic (exact) mass is 228 g/mol. The molecular weight excluding hydrogens is 216 g/mol. The second-order valence-electron chi connectivity index (χ2n) is 3.08. The molecule has 0 fully saturated rings. The summed E-state index contributed by atoms with van der Waals surface area (Å²) in [5.41, 5.74) is -0.912. The number of aromatic nitrogens is 1. The van der Waals surface area contributed by atoms with Crippen LogP contribution in [0.5, 0.6) is 0 Å². The van der Waals surface area contributed by atoms with Gasteiger partial charge in [0.1, 0.15) is 0 Å². The number of thiol groups is 1. The van der Waals surface area contributed by atoms with Gasteiger partial charge in [-0.25, -0.2) is 0 Å². The van der Waals surface area contributed by atoms with Crippen molar-refractivity contribution < 1.29 is 4.92 Å². The molecule has 0 bridgehead atoms. The first-order valence-corrected chi connectivity index (χ1v) is 5.24. The molecule has 1 aromatic rings. The predicted molar refractivity (Wildman–Crippen MR) is 60.4 cm³/mol. The highest BCUT2D eigenvalue weighted by Crippen LogP contribution is 2.03. The molecular formula is C9H12N2O3S. The second kappa shape index (κ2) is 5.55. The molecule has 0 atom stereocenters. The molecule has 0 aliphatic heterocycles. The Bertz CT molecular complexity index is 403. The molecule has 0 aliphatic rings. The van der Waals surface area contributed by atoms with E-state index in [-0.39, 0.29) is 5.69 Å². The van der Waals surface area contributed by atoms with E-state index in [1.54, 1.807) is 6.20 Å². The maximum absolute atomic E-state index is 11.5. The standard InChI is InChI=1S/C9H12N2O3S/c12-9-8(11(13)14)4-3-6-10(9)5-1-2-7-15/h3-4,6,15H,1-2,5,7H2. The smallest absolute Gasteiger partial charge is 0.310 e. The molecule has 0 radical (unpaired) electrons. The minimum Gasteiger partial charge on any atom is -0.310 e. The van der Waals surface area contributed by atoms with E-state index in [0.717, 1.165) is 18.6 Å². The van der Waals surface area contributed by atoms with E-state index in [2.05, 4.69) is 12.6 Å². The lowest BCUT2D eigenvalue weighted by molar-refractivity contribution is -0.386. The van der Waals surface area contributed by atoms with Crippen molar-refractivity contribution in [2.24, 2.45) is 0 Å². The van der Waals surface area contributed by atoms with E-state index in [1.165, 1.54) is 16.7 Å². The van der Waals surface area contributed by atoms with Gasteiger partial charge in [-0.05, 0) is 24.7 Å². The van der Waals surface area contributed by atoms with E-state index in [4.69, 9.17) is 0 Å². The SMILES string of the molecule is O=c1c([N+](=O)[O-])cccn1CCCCS. The first-order chi connectivity index (χ1) is 7.16.